The van der Waals surface area contributed by atoms with E-state index in [1.807, 2.05) is 0 Å². The molecule has 0 aromatic carbocycles. The van der Waals surface area contributed by atoms with Gasteiger partial charge in [0.2, 0.25) is 0 Å². The standard InChI is InChI=1S/C14H31NO.Na.H/c1-4-5-6-7-8-9-10-11-12-13-14-15(2,3)16;;/h4-14H2,1-3H3;;/q;+1;-1. The Hall–Kier alpha value is 0.920. The topological polar surface area (TPSA) is 23.1 Å². The normalized spacial score (nSPS) is 11.3. The summed E-state index contributed by atoms with van der Waals surface area (Å²) in [6, 6.07) is 0. The first-order chi connectivity index (χ1) is 7.56. The van der Waals surface area contributed by atoms with Crippen LogP contribution in [0.3, 0.4) is 0 Å². The summed E-state index contributed by atoms with van der Waals surface area (Å²) in [4.78, 5) is 0. The number of rotatable bonds is 11. The Morgan fingerprint density at radius 1 is 0.765 bits per heavy atom. The molecule has 100 valence electrons. The molecule has 0 atom stereocenters. The number of hydrogen-bond acceptors (Lipinski definition) is 1. The van der Waals surface area contributed by atoms with Crippen LogP contribution in [0.15, 0.2) is 0 Å². The van der Waals surface area contributed by atoms with Gasteiger partial charge in [-0.1, -0.05) is 58.3 Å². The van der Waals surface area contributed by atoms with Crippen LogP contribution in [0.5, 0.6) is 0 Å². The van der Waals surface area contributed by atoms with Crippen LogP contribution in [-0.2, 0) is 0 Å². The van der Waals surface area contributed by atoms with Crippen LogP contribution in [0.25, 0.3) is 0 Å². The van der Waals surface area contributed by atoms with Crippen LogP contribution in [0.2, 0.25) is 0 Å². The fourth-order valence-corrected chi connectivity index (χ4v) is 1.98. The third-order valence-electron chi connectivity index (χ3n) is 3.05. The van der Waals surface area contributed by atoms with E-state index in [0.717, 1.165) is 13.0 Å². The number of nitrogens with zero attached hydrogens (tertiary/aromatic N) is 1. The van der Waals surface area contributed by atoms with Gasteiger partial charge in [0.15, 0.2) is 0 Å². The predicted molar refractivity (Wildman–Crippen MR) is 73.3 cm³/mol. The first kappa shape index (κ1) is 20.2. The van der Waals surface area contributed by atoms with Gasteiger partial charge in [-0.25, -0.2) is 0 Å². The van der Waals surface area contributed by atoms with Gasteiger partial charge in [0, 0.05) is 0 Å². The van der Waals surface area contributed by atoms with Gasteiger partial charge in [0.05, 0.1) is 20.6 Å². The van der Waals surface area contributed by atoms with Gasteiger partial charge in [-0.2, -0.15) is 0 Å². The van der Waals surface area contributed by atoms with Crippen molar-refractivity contribution in [2.45, 2.75) is 71.1 Å². The van der Waals surface area contributed by atoms with Crippen molar-refractivity contribution < 1.29 is 35.6 Å². The largest absolute Gasteiger partial charge is 1.00 e. The van der Waals surface area contributed by atoms with Crippen LogP contribution >= 0.6 is 0 Å². The minimum Gasteiger partial charge on any atom is -1.00 e. The summed E-state index contributed by atoms with van der Waals surface area (Å²) in [7, 11) is 3.46. The van der Waals surface area contributed by atoms with E-state index in [-0.39, 0.29) is 35.6 Å². The maximum Gasteiger partial charge on any atom is 1.00 e. The molecule has 0 spiro atoms. The molecule has 0 unspecified atom stereocenters. The Morgan fingerprint density at radius 2 is 1.12 bits per heavy atom. The second-order valence-corrected chi connectivity index (χ2v) is 5.48. The quantitative estimate of drug-likeness (QED) is 0.237. The van der Waals surface area contributed by atoms with Crippen molar-refractivity contribution in [1.82, 2.24) is 0 Å². The SMILES string of the molecule is CCCCCCCCCCCC[N+](C)(C)[O-].[H-].[Na+]. The first-order valence-corrected chi connectivity index (χ1v) is 7.10. The number of hydrogen-bond donors (Lipinski definition) is 0. The molecule has 0 radical (unpaired) electrons. The van der Waals surface area contributed by atoms with Gasteiger partial charge in [0.25, 0.3) is 0 Å². The molecular weight excluding hydrogens is 221 g/mol. The summed E-state index contributed by atoms with van der Waals surface area (Å²) < 4.78 is -0.128. The van der Waals surface area contributed by atoms with Crippen LogP contribution in [0.4, 0.5) is 0 Å². The second-order valence-electron chi connectivity index (χ2n) is 5.48. The Bertz CT molecular complexity index is 151. The Kier molecular flexibility index (Phi) is 15.9. The average Bonchev–Trinajstić information content (AvgIpc) is 2.19. The van der Waals surface area contributed by atoms with Crippen molar-refractivity contribution in [2.75, 3.05) is 20.6 Å². The van der Waals surface area contributed by atoms with E-state index in [2.05, 4.69) is 6.92 Å². The molecular formula is C14H32NNaO. The maximum absolute atomic E-state index is 11.3. The second kappa shape index (κ2) is 13.4. The van der Waals surface area contributed by atoms with Crippen molar-refractivity contribution in [3.8, 4) is 0 Å². The molecule has 0 rings (SSSR count). The van der Waals surface area contributed by atoms with Crippen LogP contribution in [0, 0.1) is 5.21 Å². The van der Waals surface area contributed by atoms with E-state index < -0.39 is 0 Å². The molecule has 3 heteroatoms. The molecule has 0 aromatic heterocycles. The molecule has 0 amide bonds. The third-order valence-corrected chi connectivity index (χ3v) is 3.05. The summed E-state index contributed by atoms with van der Waals surface area (Å²) >= 11 is 0. The van der Waals surface area contributed by atoms with E-state index >= 15 is 0 Å². The van der Waals surface area contributed by atoms with Crippen molar-refractivity contribution >= 4 is 0 Å². The fraction of sp³-hybridized carbons (Fsp3) is 1.00. The van der Waals surface area contributed by atoms with Gasteiger partial charge in [-0.05, 0) is 12.8 Å². The van der Waals surface area contributed by atoms with Crippen molar-refractivity contribution in [1.29, 1.82) is 0 Å². The van der Waals surface area contributed by atoms with Crippen LogP contribution in [-0.4, -0.2) is 25.3 Å². The molecule has 0 saturated carbocycles. The summed E-state index contributed by atoms with van der Waals surface area (Å²) in [5.41, 5.74) is 0. The van der Waals surface area contributed by atoms with E-state index in [1.54, 1.807) is 14.1 Å². The summed E-state index contributed by atoms with van der Waals surface area (Å²) in [6.45, 7) is 3.03. The Morgan fingerprint density at radius 3 is 1.47 bits per heavy atom. The number of unbranched alkanes of at least 4 members (excludes halogenated alkanes) is 9. The van der Waals surface area contributed by atoms with Crippen molar-refractivity contribution in [2.24, 2.45) is 0 Å². The Labute approximate surface area is 132 Å². The number of quaternary nitrogens is 1. The van der Waals surface area contributed by atoms with E-state index in [1.165, 1.54) is 57.8 Å². The molecule has 0 saturated heterocycles. The molecule has 2 nitrogen and oxygen atoms in total. The third kappa shape index (κ3) is 19.4. The van der Waals surface area contributed by atoms with Gasteiger partial charge < -0.3 is 11.3 Å². The first-order valence-electron chi connectivity index (χ1n) is 7.10. The summed E-state index contributed by atoms with van der Waals surface area (Å²) in [5.74, 6) is 0. The van der Waals surface area contributed by atoms with Crippen molar-refractivity contribution in [3.63, 3.8) is 0 Å². The molecule has 0 aliphatic carbocycles. The molecule has 0 N–H and O–H groups in total. The van der Waals surface area contributed by atoms with E-state index in [4.69, 9.17) is 0 Å². The zero-order chi connectivity index (χ0) is 12.3. The zero-order valence-electron chi connectivity index (χ0n) is 13.6. The summed E-state index contributed by atoms with van der Waals surface area (Å²) in [6.07, 6.45) is 13.4. The molecule has 17 heavy (non-hydrogen) atoms. The number of hydroxylamine groups is 3. The molecule has 0 aromatic rings. The van der Waals surface area contributed by atoms with E-state index in [0.29, 0.717) is 0 Å². The zero-order valence-corrected chi connectivity index (χ0v) is 14.6. The monoisotopic (exact) mass is 253 g/mol. The average molecular weight is 253 g/mol. The predicted octanol–water partition coefficient (Wildman–Crippen LogP) is 1.60. The van der Waals surface area contributed by atoms with Crippen molar-refractivity contribution in [3.05, 3.63) is 5.21 Å². The molecule has 0 bridgehead atoms. The Balaban J connectivity index is -0.00000112. The fourth-order valence-electron chi connectivity index (χ4n) is 1.98. The molecule has 0 aliphatic rings. The smallest absolute Gasteiger partial charge is 1.00 e. The molecule has 0 fully saturated rings. The maximum atomic E-state index is 11.3. The van der Waals surface area contributed by atoms with Crippen LogP contribution < -0.4 is 29.6 Å². The van der Waals surface area contributed by atoms with Gasteiger partial charge >= 0.3 is 29.6 Å². The van der Waals surface area contributed by atoms with Gasteiger partial charge in [0.1, 0.15) is 0 Å². The van der Waals surface area contributed by atoms with E-state index in [9.17, 15) is 5.21 Å². The molecule has 0 aliphatic heterocycles. The summed E-state index contributed by atoms with van der Waals surface area (Å²) in [5, 5.41) is 11.3. The minimum absolute atomic E-state index is 0. The van der Waals surface area contributed by atoms with Gasteiger partial charge in [-0.3, -0.25) is 0 Å². The molecule has 0 heterocycles. The minimum atomic E-state index is -0.128. The van der Waals surface area contributed by atoms with Crippen LogP contribution in [0.1, 0.15) is 72.6 Å². The van der Waals surface area contributed by atoms with Gasteiger partial charge in [-0.15, -0.1) is 0 Å².